The maximum Gasteiger partial charge on any atom is 0.316 e. The van der Waals surface area contributed by atoms with Crippen LogP contribution in [0.5, 0.6) is 0 Å². The van der Waals surface area contributed by atoms with Gasteiger partial charge >= 0.3 is 6.03 Å². The Balaban J connectivity index is 1.89. The van der Waals surface area contributed by atoms with E-state index < -0.39 is 6.03 Å². The lowest BCUT2D eigenvalue weighted by atomic mass is 9.99. The first-order chi connectivity index (χ1) is 14.5. The van der Waals surface area contributed by atoms with E-state index >= 15 is 0 Å². The van der Waals surface area contributed by atoms with Crippen molar-refractivity contribution in [1.29, 1.82) is 0 Å². The van der Waals surface area contributed by atoms with Crippen molar-refractivity contribution in [3.8, 4) is 0 Å². The molecule has 0 aliphatic heterocycles. The Morgan fingerprint density at radius 2 is 1.77 bits per heavy atom. The number of nitrogens with two attached hydrogens (primary N) is 1. The van der Waals surface area contributed by atoms with Crippen LogP contribution in [-0.2, 0) is 11.3 Å². The smallest absolute Gasteiger partial charge is 0.316 e. The Labute approximate surface area is 176 Å². The molecule has 0 saturated carbocycles. The van der Waals surface area contributed by atoms with Crippen molar-refractivity contribution in [3.63, 3.8) is 0 Å². The summed E-state index contributed by atoms with van der Waals surface area (Å²) in [5, 5.41) is 7.88. The lowest BCUT2D eigenvalue weighted by molar-refractivity contribution is 0.0927. The molecule has 3 aromatic carbocycles. The minimum Gasteiger partial charge on any atom is -0.377 e. The Morgan fingerprint density at radius 1 is 1.03 bits per heavy atom. The molecule has 156 valence electrons. The molecule has 6 nitrogen and oxygen atoms in total. The van der Waals surface area contributed by atoms with E-state index in [0.29, 0.717) is 23.4 Å². The van der Waals surface area contributed by atoms with Gasteiger partial charge in [-0.05, 0) is 41.8 Å². The number of anilines is 1. The minimum atomic E-state index is -0.687. The fourth-order valence-electron chi connectivity index (χ4n) is 3.50. The third-order valence-corrected chi connectivity index (χ3v) is 4.91. The number of hydrogen-bond acceptors (Lipinski definition) is 3. The van der Waals surface area contributed by atoms with Gasteiger partial charge in [0, 0.05) is 23.4 Å². The van der Waals surface area contributed by atoms with Crippen molar-refractivity contribution >= 4 is 28.4 Å². The largest absolute Gasteiger partial charge is 0.377 e. The summed E-state index contributed by atoms with van der Waals surface area (Å²) in [4.78, 5) is 24.5. The van der Waals surface area contributed by atoms with E-state index in [1.165, 1.54) is 0 Å². The van der Waals surface area contributed by atoms with Crippen LogP contribution in [-0.4, -0.2) is 18.5 Å². The van der Waals surface area contributed by atoms with Gasteiger partial charge in [-0.1, -0.05) is 55.5 Å². The second-order valence-electron chi connectivity index (χ2n) is 7.14. The zero-order valence-corrected chi connectivity index (χ0v) is 17.3. The maximum atomic E-state index is 13.1. The first-order valence-corrected chi connectivity index (χ1v) is 10.1. The minimum absolute atomic E-state index is 0.204. The van der Waals surface area contributed by atoms with E-state index in [2.05, 4.69) is 28.8 Å². The first kappa shape index (κ1) is 21.3. The molecular weight excluding hydrogens is 378 g/mol. The van der Waals surface area contributed by atoms with E-state index in [4.69, 9.17) is 10.5 Å². The summed E-state index contributed by atoms with van der Waals surface area (Å²) in [7, 11) is 0. The molecule has 3 amide bonds. The molecule has 0 unspecified atom stereocenters. The maximum absolute atomic E-state index is 13.1. The number of urea groups is 1. The van der Waals surface area contributed by atoms with Gasteiger partial charge in [0.1, 0.15) is 0 Å². The SMILES string of the molecule is CCCOCc1c(NC(N)=O)cccc1C(=O)N[C@H](C)c1cccc2ccccc12. The van der Waals surface area contributed by atoms with Gasteiger partial charge in [-0.25, -0.2) is 4.79 Å². The first-order valence-electron chi connectivity index (χ1n) is 10.1. The molecule has 3 rings (SSSR count). The van der Waals surface area contributed by atoms with Gasteiger partial charge in [0.2, 0.25) is 0 Å². The normalized spacial score (nSPS) is 11.8. The number of primary amides is 1. The van der Waals surface area contributed by atoms with Gasteiger partial charge in [0.25, 0.3) is 5.91 Å². The van der Waals surface area contributed by atoms with Crippen molar-refractivity contribution in [1.82, 2.24) is 5.32 Å². The van der Waals surface area contributed by atoms with E-state index in [1.807, 2.05) is 38.1 Å². The topological polar surface area (TPSA) is 93.4 Å². The van der Waals surface area contributed by atoms with Gasteiger partial charge in [0.15, 0.2) is 0 Å². The van der Waals surface area contributed by atoms with Crippen molar-refractivity contribution in [2.75, 3.05) is 11.9 Å². The summed E-state index contributed by atoms with van der Waals surface area (Å²) in [5.74, 6) is -0.237. The number of benzene rings is 3. The van der Waals surface area contributed by atoms with E-state index in [1.54, 1.807) is 18.2 Å². The van der Waals surface area contributed by atoms with Crippen molar-refractivity contribution < 1.29 is 14.3 Å². The predicted octanol–water partition coefficient (Wildman–Crippen LogP) is 4.75. The number of carbonyl (C=O) groups excluding carboxylic acids is 2. The van der Waals surface area contributed by atoms with Crippen molar-refractivity contribution in [2.24, 2.45) is 5.73 Å². The van der Waals surface area contributed by atoms with Crippen LogP contribution in [0.3, 0.4) is 0 Å². The van der Waals surface area contributed by atoms with Crippen LogP contribution in [0.15, 0.2) is 60.7 Å². The summed E-state index contributed by atoms with van der Waals surface area (Å²) < 4.78 is 5.66. The molecule has 30 heavy (non-hydrogen) atoms. The number of amides is 3. The Kier molecular flexibility index (Phi) is 7.03. The third-order valence-electron chi connectivity index (χ3n) is 4.91. The van der Waals surface area contributed by atoms with Gasteiger partial charge in [-0.15, -0.1) is 0 Å². The molecule has 0 bridgehead atoms. The number of fused-ring (bicyclic) bond motifs is 1. The molecule has 0 radical (unpaired) electrons. The van der Waals surface area contributed by atoms with E-state index in [9.17, 15) is 9.59 Å². The molecule has 0 aromatic heterocycles. The van der Waals surface area contributed by atoms with Crippen molar-refractivity contribution in [2.45, 2.75) is 32.9 Å². The molecule has 0 aliphatic rings. The molecule has 6 heteroatoms. The number of nitrogens with one attached hydrogen (secondary N) is 2. The summed E-state index contributed by atoms with van der Waals surface area (Å²) >= 11 is 0. The quantitative estimate of drug-likeness (QED) is 0.472. The van der Waals surface area contributed by atoms with Crippen LogP contribution < -0.4 is 16.4 Å². The number of ether oxygens (including phenoxy) is 1. The summed E-state index contributed by atoms with van der Waals surface area (Å²) in [6.45, 7) is 4.72. The lowest BCUT2D eigenvalue weighted by Gasteiger charge is -2.19. The highest BCUT2D eigenvalue weighted by Gasteiger charge is 2.19. The predicted molar refractivity (Wildman–Crippen MR) is 119 cm³/mol. The summed E-state index contributed by atoms with van der Waals surface area (Å²) in [6.07, 6.45) is 0.852. The second kappa shape index (κ2) is 9.89. The Morgan fingerprint density at radius 3 is 2.53 bits per heavy atom. The molecular formula is C24H27N3O3. The third kappa shape index (κ3) is 4.96. The zero-order valence-electron chi connectivity index (χ0n) is 17.3. The van der Waals surface area contributed by atoms with Crippen LogP contribution in [0.1, 0.15) is 47.8 Å². The highest BCUT2D eigenvalue weighted by molar-refractivity contribution is 5.99. The molecule has 1 atom stereocenters. The average molecular weight is 405 g/mol. The number of carbonyl (C=O) groups is 2. The van der Waals surface area contributed by atoms with Gasteiger partial charge < -0.3 is 21.1 Å². The Hall–Kier alpha value is -3.38. The molecule has 0 spiro atoms. The monoisotopic (exact) mass is 405 g/mol. The molecule has 0 fully saturated rings. The van der Waals surface area contributed by atoms with Gasteiger partial charge in [-0.2, -0.15) is 0 Å². The number of rotatable bonds is 8. The highest BCUT2D eigenvalue weighted by atomic mass is 16.5. The van der Waals surface area contributed by atoms with Crippen molar-refractivity contribution in [3.05, 3.63) is 77.4 Å². The molecule has 4 N–H and O–H groups in total. The van der Waals surface area contributed by atoms with E-state index in [-0.39, 0.29) is 18.6 Å². The summed E-state index contributed by atoms with van der Waals surface area (Å²) in [6, 6.07) is 18.4. The number of hydrogen-bond donors (Lipinski definition) is 3. The van der Waals surface area contributed by atoms with Crippen LogP contribution >= 0.6 is 0 Å². The molecule has 0 saturated heterocycles. The fraction of sp³-hybridized carbons (Fsp3) is 0.250. The van der Waals surface area contributed by atoms with Gasteiger partial charge in [0.05, 0.1) is 12.6 Å². The molecule has 0 aliphatic carbocycles. The highest BCUT2D eigenvalue weighted by Crippen LogP contribution is 2.26. The second-order valence-corrected chi connectivity index (χ2v) is 7.14. The Bertz CT molecular complexity index is 1040. The lowest BCUT2D eigenvalue weighted by Crippen LogP contribution is -2.28. The summed E-state index contributed by atoms with van der Waals surface area (Å²) in [5.41, 5.74) is 7.86. The van der Waals surface area contributed by atoms with Crippen LogP contribution in [0.4, 0.5) is 10.5 Å². The van der Waals surface area contributed by atoms with Crippen LogP contribution in [0, 0.1) is 0 Å². The fourth-order valence-corrected chi connectivity index (χ4v) is 3.50. The average Bonchev–Trinajstić information content (AvgIpc) is 2.73. The van der Waals surface area contributed by atoms with Crippen LogP contribution in [0.2, 0.25) is 0 Å². The molecule has 3 aromatic rings. The van der Waals surface area contributed by atoms with Crippen LogP contribution in [0.25, 0.3) is 10.8 Å². The van der Waals surface area contributed by atoms with E-state index in [0.717, 1.165) is 22.8 Å². The van der Waals surface area contributed by atoms with Gasteiger partial charge in [-0.3, -0.25) is 4.79 Å². The zero-order chi connectivity index (χ0) is 21.5. The molecule has 0 heterocycles. The standard InChI is InChI=1S/C24H27N3O3/c1-3-14-30-15-21-20(12-7-13-22(21)27-24(25)29)23(28)26-16(2)18-11-6-9-17-8-4-5-10-19(17)18/h4-13,16H,3,14-15H2,1-2H3,(H,26,28)(H3,25,27,29)/t16-/m1/s1.